The van der Waals surface area contributed by atoms with Crippen molar-refractivity contribution in [3.8, 4) is 5.75 Å². The number of rotatable bonds is 5. The predicted octanol–water partition coefficient (Wildman–Crippen LogP) is 0.609. The number of imidazole rings is 1. The fourth-order valence-electron chi connectivity index (χ4n) is 1.73. The summed E-state index contributed by atoms with van der Waals surface area (Å²) < 4.78 is 6.13. The highest BCUT2D eigenvalue weighted by Crippen LogP contribution is 2.16. The lowest BCUT2D eigenvalue weighted by molar-refractivity contribution is -0.142. The Labute approximate surface area is 115 Å². The molecule has 0 atom stereocenters. The van der Waals surface area contributed by atoms with Crippen LogP contribution in [0.15, 0.2) is 24.5 Å². The van der Waals surface area contributed by atoms with Gasteiger partial charge in [-0.05, 0) is 12.1 Å². The molecule has 2 aromatic heterocycles. The first kappa shape index (κ1) is 13.9. The molecule has 0 unspecified atom stereocenters. The summed E-state index contributed by atoms with van der Waals surface area (Å²) in [5, 5.41) is 12.3. The van der Waals surface area contributed by atoms with Crippen LogP contribution in [0.1, 0.15) is 18.5 Å². The van der Waals surface area contributed by atoms with Gasteiger partial charge in [-0.15, -0.1) is 0 Å². The molecule has 0 aliphatic rings. The first-order valence-electron chi connectivity index (χ1n) is 6.09. The van der Waals surface area contributed by atoms with Crippen LogP contribution in [-0.2, 0) is 20.9 Å². The Morgan fingerprint density at radius 3 is 2.95 bits per heavy atom. The van der Waals surface area contributed by atoms with Gasteiger partial charge >= 0.3 is 5.97 Å². The highest BCUT2D eigenvalue weighted by Gasteiger charge is 2.09. The summed E-state index contributed by atoms with van der Waals surface area (Å²) >= 11 is 0. The monoisotopic (exact) mass is 277 g/mol. The largest absolute Gasteiger partial charge is 0.504 e. The molecule has 0 saturated carbocycles. The number of esters is 1. The first-order valence-corrected chi connectivity index (χ1v) is 6.09. The summed E-state index contributed by atoms with van der Waals surface area (Å²) in [6.45, 7) is 0.237. The van der Waals surface area contributed by atoms with Gasteiger partial charge in [0.25, 0.3) is 0 Å². The minimum absolute atomic E-state index is 0.0499. The number of amides is 1. The number of carbonyl (C=O) groups excluding carboxylic acids is 2. The Kier molecular flexibility index (Phi) is 4.19. The van der Waals surface area contributed by atoms with E-state index in [1.807, 2.05) is 0 Å². The van der Waals surface area contributed by atoms with Crippen molar-refractivity contribution in [2.24, 2.45) is 0 Å². The highest BCUT2D eigenvalue weighted by atomic mass is 16.5. The molecular weight excluding hydrogens is 262 g/mol. The van der Waals surface area contributed by atoms with Gasteiger partial charge in [-0.1, -0.05) is 0 Å². The zero-order valence-electron chi connectivity index (χ0n) is 11.0. The first-order chi connectivity index (χ1) is 9.60. The van der Waals surface area contributed by atoms with Gasteiger partial charge in [0, 0.05) is 18.8 Å². The molecule has 20 heavy (non-hydrogen) atoms. The van der Waals surface area contributed by atoms with Crippen molar-refractivity contribution in [1.82, 2.24) is 14.7 Å². The third-order valence-corrected chi connectivity index (χ3v) is 2.76. The van der Waals surface area contributed by atoms with E-state index in [4.69, 9.17) is 0 Å². The molecule has 1 amide bonds. The molecule has 0 radical (unpaired) electrons. The molecule has 2 rings (SSSR count). The third kappa shape index (κ3) is 3.25. The minimum Gasteiger partial charge on any atom is -0.504 e. The van der Waals surface area contributed by atoms with Crippen LogP contribution >= 0.6 is 0 Å². The van der Waals surface area contributed by atoms with Crippen LogP contribution in [0.4, 0.5) is 0 Å². The van der Waals surface area contributed by atoms with E-state index in [2.05, 4.69) is 15.0 Å². The average Bonchev–Trinajstić information content (AvgIpc) is 2.87. The summed E-state index contributed by atoms with van der Waals surface area (Å²) in [5.41, 5.74) is 1.06. The molecule has 7 nitrogen and oxygen atoms in total. The summed E-state index contributed by atoms with van der Waals surface area (Å²) in [6, 6.07) is 3.24. The van der Waals surface area contributed by atoms with E-state index in [1.165, 1.54) is 7.11 Å². The van der Waals surface area contributed by atoms with Crippen LogP contribution in [0.2, 0.25) is 0 Å². The molecule has 2 aromatic rings. The number of nitrogens with zero attached hydrogens (tertiary/aromatic N) is 2. The summed E-state index contributed by atoms with van der Waals surface area (Å²) in [4.78, 5) is 26.6. The highest BCUT2D eigenvalue weighted by molar-refractivity contribution is 5.81. The lowest BCUT2D eigenvalue weighted by Gasteiger charge is -2.02. The van der Waals surface area contributed by atoms with Crippen LogP contribution in [0.3, 0.4) is 0 Å². The second-order valence-corrected chi connectivity index (χ2v) is 4.21. The van der Waals surface area contributed by atoms with E-state index in [1.54, 1.807) is 28.9 Å². The van der Waals surface area contributed by atoms with Crippen molar-refractivity contribution in [3.05, 3.63) is 30.2 Å². The third-order valence-electron chi connectivity index (χ3n) is 2.76. The number of hydrogen-bond donors (Lipinski definition) is 2. The topological polar surface area (TPSA) is 92.9 Å². The van der Waals surface area contributed by atoms with Gasteiger partial charge in [0.05, 0.1) is 25.8 Å². The standard InChI is InChI=1S/C13H15N3O4/c1-20-12(19)5-4-11(18)14-7-9-8-16-6-2-3-10(17)13(16)15-9/h2-3,6,8,17H,4-5,7H2,1H3,(H,14,18). The van der Waals surface area contributed by atoms with Gasteiger partial charge in [0.1, 0.15) is 0 Å². The smallest absolute Gasteiger partial charge is 0.306 e. The van der Waals surface area contributed by atoms with Gasteiger partial charge in [-0.3, -0.25) is 9.59 Å². The molecular formula is C13H15N3O4. The molecule has 2 heterocycles. The maximum Gasteiger partial charge on any atom is 0.306 e. The molecule has 0 spiro atoms. The molecule has 106 valence electrons. The number of carbonyl (C=O) groups is 2. The Balaban J connectivity index is 1.91. The van der Waals surface area contributed by atoms with Crippen molar-refractivity contribution in [2.75, 3.05) is 7.11 Å². The van der Waals surface area contributed by atoms with Gasteiger partial charge in [-0.25, -0.2) is 4.98 Å². The number of pyridine rings is 1. The summed E-state index contributed by atoms with van der Waals surface area (Å²) in [7, 11) is 1.28. The molecule has 0 saturated heterocycles. The Morgan fingerprint density at radius 1 is 1.45 bits per heavy atom. The molecule has 7 heteroatoms. The Bertz CT molecular complexity index is 636. The molecule has 0 bridgehead atoms. The predicted molar refractivity (Wildman–Crippen MR) is 70.0 cm³/mol. The molecule has 0 fully saturated rings. The summed E-state index contributed by atoms with van der Waals surface area (Å²) in [6.07, 6.45) is 3.60. The number of ether oxygens (including phenoxy) is 1. The SMILES string of the molecule is COC(=O)CCC(=O)NCc1cn2cccc(O)c2n1. The van der Waals surface area contributed by atoms with Crippen LogP contribution in [-0.4, -0.2) is 33.5 Å². The number of methoxy groups -OCH3 is 1. The fourth-order valence-corrected chi connectivity index (χ4v) is 1.73. The Hall–Kier alpha value is -2.57. The van der Waals surface area contributed by atoms with Gasteiger partial charge < -0.3 is 19.6 Å². The number of fused-ring (bicyclic) bond motifs is 1. The van der Waals surface area contributed by atoms with Crippen molar-refractivity contribution < 1.29 is 19.4 Å². The molecule has 0 aromatic carbocycles. The molecule has 2 N–H and O–H groups in total. The normalized spacial score (nSPS) is 10.4. The van der Waals surface area contributed by atoms with E-state index in [0.29, 0.717) is 11.3 Å². The Morgan fingerprint density at radius 2 is 2.25 bits per heavy atom. The maximum atomic E-state index is 11.5. The van der Waals surface area contributed by atoms with Crippen LogP contribution in [0.5, 0.6) is 5.75 Å². The zero-order valence-corrected chi connectivity index (χ0v) is 11.0. The zero-order chi connectivity index (χ0) is 14.5. The van der Waals surface area contributed by atoms with Gasteiger partial charge in [-0.2, -0.15) is 0 Å². The van der Waals surface area contributed by atoms with E-state index < -0.39 is 5.97 Å². The number of nitrogens with one attached hydrogen (secondary N) is 1. The number of hydrogen-bond acceptors (Lipinski definition) is 5. The lowest BCUT2D eigenvalue weighted by Crippen LogP contribution is -2.23. The number of aromatic hydroxyl groups is 1. The van der Waals surface area contributed by atoms with Crippen LogP contribution in [0.25, 0.3) is 5.65 Å². The van der Waals surface area contributed by atoms with Crippen molar-refractivity contribution >= 4 is 17.5 Å². The quantitative estimate of drug-likeness (QED) is 0.781. The second-order valence-electron chi connectivity index (χ2n) is 4.21. The van der Waals surface area contributed by atoms with E-state index in [9.17, 15) is 14.7 Å². The van der Waals surface area contributed by atoms with Gasteiger partial charge in [0.2, 0.25) is 5.91 Å². The molecule has 0 aliphatic heterocycles. The van der Waals surface area contributed by atoms with E-state index in [-0.39, 0.29) is 31.0 Å². The van der Waals surface area contributed by atoms with Gasteiger partial charge in [0.15, 0.2) is 11.4 Å². The van der Waals surface area contributed by atoms with Crippen molar-refractivity contribution in [1.29, 1.82) is 0 Å². The summed E-state index contributed by atoms with van der Waals surface area (Å²) in [5.74, 6) is -0.592. The minimum atomic E-state index is -0.419. The molecule has 0 aliphatic carbocycles. The van der Waals surface area contributed by atoms with Crippen LogP contribution < -0.4 is 5.32 Å². The average molecular weight is 277 g/mol. The van der Waals surface area contributed by atoms with E-state index >= 15 is 0 Å². The number of aromatic nitrogens is 2. The second kappa shape index (κ2) is 6.05. The van der Waals surface area contributed by atoms with Crippen LogP contribution in [0, 0.1) is 0 Å². The lowest BCUT2D eigenvalue weighted by atomic mass is 10.3. The van der Waals surface area contributed by atoms with E-state index in [0.717, 1.165) is 0 Å². The van der Waals surface area contributed by atoms with Crippen molar-refractivity contribution in [3.63, 3.8) is 0 Å². The fraction of sp³-hybridized carbons (Fsp3) is 0.308. The van der Waals surface area contributed by atoms with Crippen molar-refractivity contribution in [2.45, 2.75) is 19.4 Å². The maximum absolute atomic E-state index is 11.5.